The monoisotopic (exact) mass is 400 g/mol. The number of non-ortho nitro benzene ring substituents is 1. The van der Waals surface area contributed by atoms with Crippen LogP contribution in [0.5, 0.6) is 0 Å². The summed E-state index contributed by atoms with van der Waals surface area (Å²) in [6.07, 6.45) is 0. The first-order valence-electron chi connectivity index (χ1n) is 7.54. The number of anilines is 1. The summed E-state index contributed by atoms with van der Waals surface area (Å²) in [4.78, 5) is 21.4. The van der Waals surface area contributed by atoms with Crippen molar-refractivity contribution in [3.63, 3.8) is 0 Å². The van der Waals surface area contributed by atoms with Crippen molar-refractivity contribution in [2.24, 2.45) is 0 Å². The van der Waals surface area contributed by atoms with E-state index in [0.29, 0.717) is 10.4 Å². The molecule has 0 heterocycles. The van der Waals surface area contributed by atoms with E-state index >= 15 is 0 Å². The normalized spacial score (nSPS) is 11.1. The van der Waals surface area contributed by atoms with Crippen LogP contribution in [0.3, 0.4) is 0 Å². The lowest BCUT2D eigenvalue weighted by Gasteiger charge is -2.24. The summed E-state index contributed by atoms with van der Waals surface area (Å²) >= 11 is 0. The first kappa shape index (κ1) is 20.2. The Balaban J connectivity index is 2.59. The highest BCUT2D eigenvalue weighted by Crippen LogP contribution is 2.28. The summed E-state index contributed by atoms with van der Waals surface area (Å²) in [6.45, 7) is 0.548. The molecule has 0 saturated carbocycles. The molecule has 0 aliphatic rings. The van der Waals surface area contributed by atoms with Crippen LogP contribution in [-0.2, 0) is 19.6 Å². The summed E-state index contributed by atoms with van der Waals surface area (Å²) in [5.74, 6) is -3.15. The van der Waals surface area contributed by atoms with Gasteiger partial charge in [0.25, 0.3) is 15.7 Å². The molecule has 0 fully saturated rings. The number of nitro groups is 1. The van der Waals surface area contributed by atoms with Crippen LogP contribution in [-0.4, -0.2) is 32.5 Å². The maximum absolute atomic E-state index is 14.2. The molecule has 0 aliphatic heterocycles. The lowest BCUT2D eigenvalue weighted by atomic mass is 10.3. The molecule has 2 aromatic carbocycles. The minimum absolute atomic E-state index is 0.0462. The summed E-state index contributed by atoms with van der Waals surface area (Å²) in [7, 11) is -4.59. The highest BCUT2D eigenvalue weighted by molar-refractivity contribution is 7.92. The fourth-order valence-corrected chi connectivity index (χ4v) is 3.65. The largest absolute Gasteiger partial charge is 0.465 e. The van der Waals surface area contributed by atoms with Crippen molar-refractivity contribution in [2.45, 2.75) is 11.8 Å². The highest BCUT2D eigenvalue weighted by atomic mass is 32.2. The van der Waals surface area contributed by atoms with E-state index in [2.05, 4.69) is 0 Å². The third kappa shape index (κ3) is 4.56. The number of esters is 1. The molecule has 0 unspecified atom stereocenters. The second kappa shape index (κ2) is 8.08. The van der Waals surface area contributed by atoms with Gasteiger partial charge in [0, 0.05) is 18.2 Å². The Morgan fingerprint density at radius 2 is 1.93 bits per heavy atom. The predicted molar refractivity (Wildman–Crippen MR) is 90.6 cm³/mol. The molecule has 2 rings (SSSR count). The van der Waals surface area contributed by atoms with Crippen LogP contribution in [0.25, 0.3) is 0 Å². The Kier molecular flexibility index (Phi) is 6.05. The van der Waals surface area contributed by atoms with Gasteiger partial charge in [-0.05, 0) is 25.1 Å². The molecule has 0 saturated heterocycles. The Hall–Kier alpha value is -3.08. The van der Waals surface area contributed by atoms with Crippen LogP contribution in [0.15, 0.2) is 47.4 Å². The zero-order chi connectivity index (χ0) is 20.2. The summed E-state index contributed by atoms with van der Waals surface area (Å²) in [6, 6.07) is 6.16. The molecule has 0 N–H and O–H groups in total. The summed E-state index contributed by atoms with van der Waals surface area (Å²) < 4.78 is 58.3. The van der Waals surface area contributed by atoms with Crippen LogP contribution < -0.4 is 4.31 Å². The molecule has 27 heavy (non-hydrogen) atoms. The molecule has 0 spiro atoms. The van der Waals surface area contributed by atoms with Gasteiger partial charge in [0.05, 0.1) is 22.1 Å². The molecule has 0 amide bonds. The fourth-order valence-electron chi connectivity index (χ4n) is 2.19. The minimum atomic E-state index is -4.59. The quantitative estimate of drug-likeness (QED) is 0.402. The number of hydrogen-bond donors (Lipinski definition) is 0. The number of benzene rings is 2. The van der Waals surface area contributed by atoms with E-state index in [0.717, 1.165) is 36.4 Å². The van der Waals surface area contributed by atoms with Gasteiger partial charge >= 0.3 is 5.97 Å². The molecule has 0 aliphatic carbocycles. The molecule has 0 atom stereocenters. The molecule has 0 bridgehead atoms. The van der Waals surface area contributed by atoms with Crippen LogP contribution in [0.1, 0.15) is 6.92 Å². The Morgan fingerprint density at radius 1 is 1.22 bits per heavy atom. The van der Waals surface area contributed by atoms with Gasteiger partial charge in [-0.15, -0.1) is 0 Å². The second-order valence-corrected chi connectivity index (χ2v) is 7.03. The number of rotatable bonds is 7. The summed E-state index contributed by atoms with van der Waals surface area (Å²) in [5.41, 5.74) is -1.11. The molecule has 0 aromatic heterocycles. The van der Waals surface area contributed by atoms with Crippen molar-refractivity contribution in [3.8, 4) is 0 Å². The van der Waals surface area contributed by atoms with Gasteiger partial charge in [-0.25, -0.2) is 17.2 Å². The topological polar surface area (TPSA) is 107 Å². The van der Waals surface area contributed by atoms with Gasteiger partial charge in [-0.2, -0.15) is 0 Å². The zero-order valence-electron chi connectivity index (χ0n) is 14.0. The number of carbonyl (C=O) groups is 1. The Bertz CT molecular complexity index is 981. The number of ether oxygens (including phenoxy) is 1. The van der Waals surface area contributed by atoms with Crippen molar-refractivity contribution in [2.75, 3.05) is 17.5 Å². The molecule has 0 radical (unpaired) electrons. The van der Waals surface area contributed by atoms with Gasteiger partial charge < -0.3 is 4.74 Å². The van der Waals surface area contributed by atoms with E-state index in [1.807, 2.05) is 0 Å². The molecule has 8 nitrogen and oxygen atoms in total. The molecular weight excluding hydrogens is 386 g/mol. The molecule has 144 valence electrons. The second-order valence-electron chi connectivity index (χ2n) is 5.17. The zero-order valence-corrected chi connectivity index (χ0v) is 14.8. The number of nitro benzene ring substituents is 1. The predicted octanol–water partition coefficient (Wildman–Crippen LogP) is 2.63. The van der Waals surface area contributed by atoms with E-state index in [9.17, 15) is 32.1 Å². The number of sulfonamides is 1. The fraction of sp³-hybridized carbons (Fsp3) is 0.188. The maximum atomic E-state index is 14.2. The van der Waals surface area contributed by atoms with Crippen LogP contribution in [0, 0.1) is 21.7 Å². The first-order valence-corrected chi connectivity index (χ1v) is 8.98. The average Bonchev–Trinajstić information content (AvgIpc) is 2.60. The van der Waals surface area contributed by atoms with E-state index < -0.39 is 55.4 Å². The SMILES string of the molecule is CCOC(=O)CN(c1ccc(F)cc1F)S(=O)(=O)c1cccc([N+](=O)[O-])c1. The smallest absolute Gasteiger partial charge is 0.326 e. The summed E-state index contributed by atoms with van der Waals surface area (Å²) in [5, 5.41) is 10.9. The number of nitrogens with zero attached hydrogens (tertiary/aromatic N) is 2. The van der Waals surface area contributed by atoms with E-state index in [1.165, 1.54) is 6.92 Å². The minimum Gasteiger partial charge on any atom is -0.465 e. The van der Waals surface area contributed by atoms with E-state index in [-0.39, 0.29) is 6.61 Å². The van der Waals surface area contributed by atoms with Crippen LogP contribution in [0.2, 0.25) is 0 Å². The van der Waals surface area contributed by atoms with Crippen molar-refractivity contribution < 1.29 is 31.7 Å². The Morgan fingerprint density at radius 3 is 2.52 bits per heavy atom. The van der Waals surface area contributed by atoms with Crippen molar-refractivity contribution in [3.05, 3.63) is 64.2 Å². The molecule has 2 aromatic rings. The van der Waals surface area contributed by atoms with Crippen LogP contribution >= 0.6 is 0 Å². The van der Waals surface area contributed by atoms with Crippen molar-refractivity contribution in [1.82, 2.24) is 0 Å². The lowest BCUT2D eigenvalue weighted by Crippen LogP contribution is -2.37. The maximum Gasteiger partial charge on any atom is 0.326 e. The average molecular weight is 400 g/mol. The van der Waals surface area contributed by atoms with Gasteiger partial charge in [-0.3, -0.25) is 19.2 Å². The number of carbonyl (C=O) groups excluding carboxylic acids is 1. The van der Waals surface area contributed by atoms with E-state index in [1.54, 1.807) is 0 Å². The lowest BCUT2D eigenvalue weighted by molar-refractivity contribution is -0.385. The number of halogens is 2. The van der Waals surface area contributed by atoms with Crippen molar-refractivity contribution in [1.29, 1.82) is 0 Å². The molecular formula is C16H14F2N2O6S. The molecule has 11 heteroatoms. The Labute approximate surface area is 153 Å². The van der Waals surface area contributed by atoms with Gasteiger partial charge in [0.1, 0.15) is 18.2 Å². The van der Waals surface area contributed by atoms with Crippen molar-refractivity contribution >= 4 is 27.4 Å². The number of hydrogen-bond acceptors (Lipinski definition) is 6. The first-order chi connectivity index (χ1) is 12.7. The van der Waals surface area contributed by atoms with Gasteiger partial charge in [0.2, 0.25) is 0 Å². The third-order valence-electron chi connectivity index (χ3n) is 3.37. The highest BCUT2D eigenvalue weighted by Gasteiger charge is 2.31. The van der Waals surface area contributed by atoms with E-state index in [4.69, 9.17) is 4.74 Å². The van der Waals surface area contributed by atoms with Crippen LogP contribution in [0.4, 0.5) is 20.2 Å². The van der Waals surface area contributed by atoms with Gasteiger partial charge in [-0.1, -0.05) is 6.07 Å². The standard InChI is InChI=1S/C16H14F2N2O6S/c1-2-26-16(21)10-19(15-7-6-11(17)8-14(15)18)27(24,25)13-5-3-4-12(9-13)20(22)23/h3-9H,2,10H2,1H3. The third-order valence-corrected chi connectivity index (χ3v) is 5.13. The van der Waals surface area contributed by atoms with Gasteiger partial charge in [0.15, 0.2) is 0 Å².